The van der Waals surface area contributed by atoms with E-state index in [9.17, 15) is 4.79 Å². The summed E-state index contributed by atoms with van der Waals surface area (Å²) in [5.41, 5.74) is 5.84. The summed E-state index contributed by atoms with van der Waals surface area (Å²) in [5.74, 6) is -0.188. The molecule has 0 unspecified atom stereocenters. The smallest absolute Gasteiger partial charge is 0.274 e. The monoisotopic (exact) mass is 343 g/mol. The molecular weight excluding hydrogens is 322 g/mol. The average Bonchev–Trinajstić information content (AvgIpc) is 2.69. The van der Waals surface area contributed by atoms with Gasteiger partial charge in [0.05, 0.1) is 0 Å². The molecule has 0 saturated heterocycles. The molecule has 4 heteroatoms. The molecule has 2 heterocycles. The topological polar surface area (TPSA) is 45.2 Å². The van der Waals surface area contributed by atoms with E-state index in [0.717, 1.165) is 36.3 Å². The van der Waals surface area contributed by atoms with Gasteiger partial charge >= 0.3 is 0 Å². The van der Waals surface area contributed by atoms with Crippen molar-refractivity contribution in [2.24, 2.45) is 0 Å². The maximum atomic E-state index is 12.7. The number of aryl methyl sites for hydroxylation is 2. The summed E-state index contributed by atoms with van der Waals surface area (Å²) in [6.45, 7) is 2.92. The van der Waals surface area contributed by atoms with E-state index in [2.05, 4.69) is 39.5 Å². The Hall–Kier alpha value is -3.14. The van der Waals surface area contributed by atoms with E-state index < -0.39 is 0 Å². The van der Waals surface area contributed by atoms with Gasteiger partial charge in [0, 0.05) is 29.8 Å². The molecule has 0 atom stereocenters. The van der Waals surface area contributed by atoms with Crippen LogP contribution < -0.4 is 10.2 Å². The second kappa shape index (κ2) is 7.00. The van der Waals surface area contributed by atoms with E-state index in [0.29, 0.717) is 5.69 Å². The maximum Gasteiger partial charge on any atom is 0.274 e. The molecule has 0 bridgehead atoms. The van der Waals surface area contributed by atoms with Gasteiger partial charge in [-0.3, -0.25) is 9.78 Å². The lowest BCUT2D eigenvalue weighted by atomic mass is 10.0. The lowest BCUT2D eigenvalue weighted by molar-refractivity contribution is 0.102. The number of hydrogen-bond acceptors (Lipinski definition) is 3. The zero-order chi connectivity index (χ0) is 17.9. The molecule has 1 aliphatic heterocycles. The Balaban J connectivity index is 1.62. The highest BCUT2D eigenvalue weighted by atomic mass is 16.1. The van der Waals surface area contributed by atoms with Crippen molar-refractivity contribution in [2.45, 2.75) is 19.8 Å². The molecule has 3 aromatic rings. The van der Waals surface area contributed by atoms with Crippen LogP contribution in [0.25, 0.3) is 0 Å². The van der Waals surface area contributed by atoms with Crippen LogP contribution in [0, 0.1) is 6.92 Å². The summed E-state index contributed by atoms with van der Waals surface area (Å²) in [5, 5.41) is 2.96. The molecule has 0 fully saturated rings. The normalized spacial score (nSPS) is 13.2. The third kappa shape index (κ3) is 3.18. The largest absolute Gasteiger partial charge is 0.341 e. The number of hydrogen-bond donors (Lipinski definition) is 1. The van der Waals surface area contributed by atoms with Gasteiger partial charge in [0.2, 0.25) is 0 Å². The molecule has 2 aromatic carbocycles. The fourth-order valence-electron chi connectivity index (χ4n) is 3.41. The highest BCUT2D eigenvalue weighted by Gasteiger charge is 2.19. The number of rotatable bonds is 3. The lowest BCUT2D eigenvalue weighted by Gasteiger charge is -2.31. The van der Waals surface area contributed by atoms with E-state index in [1.54, 1.807) is 6.20 Å². The Labute approximate surface area is 153 Å². The Morgan fingerprint density at radius 2 is 1.88 bits per heavy atom. The van der Waals surface area contributed by atoms with E-state index in [1.165, 1.54) is 11.3 Å². The van der Waals surface area contributed by atoms with Crippen LogP contribution in [0.5, 0.6) is 0 Å². The minimum absolute atomic E-state index is 0.188. The number of carbonyl (C=O) groups is 1. The van der Waals surface area contributed by atoms with Crippen molar-refractivity contribution in [1.82, 2.24) is 4.98 Å². The first kappa shape index (κ1) is 16.3. The number of carbonyl (C=O) groups excluding carboxylic acids is 1. The number of aromatic nitrogens is 1. The summed E-state index contributed by atoms with van der Waals surface area (Å²) in [7, 11) is 0. The Bertz CT molecular complexity index is 951. The van der Waals surface area contributed by atoms with Crippen molar-refractivity contribution in [2.75, 3.05) is 16.8 Å². The molecular formula is C22H21N3O. The lowest BCUT2D eigenvalue weighted by Crippen LogP contribution is -2.25. The van der Waals surface area contributed by atoms with Gasteiger partial charge < -0.3 is 10.2 Å². The summed E-state index contributed by atoms with van der Waals surface area (Å²) in [6, 6.07) is 20.0. The molecule has 0 radical (unpaired) electrons. The van der Waals surface area contributed by atoms with Crippen LogP contribution in [-0.2, 0) is 6.42 Å². The van der Waals surface area contributed by atoms with Gasteiger partial charge in [0.1, 0.15) is 5.69 Å². The molecule has 130 valence electrons. The minimum Gasteiger partial charge on any atom is -0.341 e. The van der Waals surface area contributed by atoms with Crippen molar-refractivity contribution in [1.29, 1.82) is 0 Å². The predicted octanol–water partition coefficient (Wildman–Crippen LogP) is 4.73. The molecule has 4 nitrogen and oxygen atoms in total. The fraction of sp³-hybridized carbons (Fsp3) is 0.182. The zero-order valence-electron chi connectivity index (χ0n) is 14.8. The Morgan fingerprint density at radius 1 is 1.08 bits per heavy atom. The third-order valence-electron chi connectivity index (χ3n) is 4.79. The maximum absolute atomic E-state index is 12.7. The Kier molecular flexibility index (Phi) is 4.40. The standard InChI is InChI=1S/C22H21N3O/c1-16-7-2-4-10-19(16)24-22(26)20-15-18(12-13-23-20)25-14-6-9-17-8-3-5-11-21(17)25/h2-5,7-8,10-13,15H,6,9,14H2,1H3,(H,24,26). The van der Waals surface area contributed by atoms with Crippen LogP contribution in [0.2, 0.25) is 0 Å². The number of anilines is 3. The van der Waals surface area contributed by atoms with Crippen LogP contribution in [0.15, 0.2) is 66.9 Å². The molecule has 0 saturated carbocycles. The average molecular weight is 343 g/mol. The van der Waals surface area contributed by atoms with Crippen LogP contribution in [0.1, 0.15) is 28.0 Å². The van der Waals surface area contributed by atoms with Crippen molar-refractivity contribution in [3.63, 3.8) is 0 Å². The number of nitrogens with one attached hydrogen (secondary N) is 1. The molecule has 0 spiro atoms. The quantitative estimate of drug-likeness (QED) is 0.748. The van der Waals surface area contributed by atoms with Gasteiger partial charge in [0.25, 0.3) is 5.91 Å². The number of amides is 1. The molecule has 1 N–H and O–H groups in total. The highest BCUT2D eigenvalue weighted by Crippen LogP contribution is 2.33. The predicted molar refractivity (Wildman–Crippen MR) is 105 cm³/mol. The highest BCUT2D eigenvalue weighted by molar-refractivity contribution is 6.03. The van der Waals surface area contributed by atoms with Crippen LogP contribution in [-0.4, -0.2) is 17.4 Å². The van der Waals surface area contributed by atoms with Gasteiger partial charge in [-0.25, -0.2) is 0 Å². The van der Waals surface area contributed by atoms with Crippen molar-refractivity contribution in [3.05, 3.63) is 83.7 Å². The SMILES string of the molecule is Cc1ccccc1NC(=O)c1cc(N2CCCc3ccccc32)ccn1. The van der Waals surface area contributed by atoms with E-state index in [-0.39, 0.29) is 5.91 Å². The summed E-state index contributed by atoms with van der Waals surface area (Å²) in [6.07, 6.45) is 3.90. The first-order valence-corrected chi connectivity index (χ1v) is 8.91. The van der Waals surface area contributed by atoms with Crippen LogP contribution in [0.3, 0.4) is 0 Å². The van der Waals surface area contributed by atoms with Crippen LogP contribution >= 0.6 is 0 Å². The second-order valence-electron chi connectivity index (χ2n) is 6.55. The van der Waals surface area contributed by atoms with Gasteiger partial charge in [-0.05, 0) is 55.2 Å². The number of pyridine rings is 1. The van der Waals surface area contributed by atoms with Gasteiger partial charge in [-0.1, -0.05) is 36.4 Å². The number of para-hydroxylation sites is 2. The molecule has 1 aromatic heterocycles. The number of nitrogens with zero attached hydrogens (tertiary/aromatic N) is 2. The van der Waals surface area contributed by atoms with Gasteiger partial charge in [-0.2, -0.15) is 0 Å². The molecule has 1 amide bonds. The van der Waals surface area contributed by atoms with Crippen molar-refractivity contribution < 1.29 is 4.79 Å². The molecule has 0 aliphatic carbocycles. The fourth-order valence-corrected chi connectivity index (χ4v) is 3.41. The summed E-state index contributed by atoms with van der Waals surface area (Å²) in [4.78, 5) is 19.2. The number of benzene rings is 2. The third-order valence-corrected chi connectivity index (χ3v) is 4.79. The first-order valence-electron chi connectivity index (χ1n) is 8.91. The van der Waals surface area contributed by atoms with E-state index >= 15 is 0 Å². The Morgan fingerprint density at radius 3 is 2.77 bits per heavy atom. The van der Waals surface area contributed by atoms with Crippen LogP contribution in [0.4, 0.5) is 17.1 Å². The summed E-state index contributed by atoms with van der Waals surface area (Å²) < 4.78 is 0. The molecule has 26 heavy (non-hydrogen) atoms. The van der Waals surface area contributed by atoms with E-state index in [1.807, 2.05) is 43.3 Å². The van der Waals surface area contributed by atoms with Gasteiger partial charge in [-0.15, -0.1) is 0 Å². The molecule has 1 aliphatic rings. The second-order valence-corrected chi connectivity index (χ2v) is 6.55. The van der Waals surface area contributed by atoms with Gasteiger partial charge in [0.15, 0.2) is 0 Å². The zero-order valence-corrected chi connectivity index (χ0v) is 14.8. The first-order chi connectivity index (χ1) is 12.7. The minimum atomic E-state index is -0.188. The van der Waals surface area contributed by atoms with E-state index in [4.69, 9.17) is 0 Å². The van der Waals surface area contributed by atoms with Crippen molar-refractivity contribution >= 4 is 23.0 Å². The molecule has 4 rings (SSSR count). The number of fused-ring (bicyclic) bond motifs is 1. The summed E-state index contributed by atoms with van der Waals surface area (Å²) >= 11 is 0. The van der Waals surface area contributed by atoms with Crippen molar-refractivity contribution in [3.8, 4) is 0 Å².